The Balaban J connectivity index is 1.12. The molecule has 1 heterocycles. The number of hydrogen-bond donors (Lipinski definition) is 4. The molecule has 0 aliphatic carbocycles. The van der Waals surface area contributed by atoms with E-state index in [-0.39, 0.29) is 37.0 Å². The summed E-state index contributed by atoms with van der Waals surface area (Å²) in [5.74, 6) is -1.38. The Labute approximate surface area is 334 Å². The van der Waals surface area contributed by atoms with Gasteiger partial charge in [-0.15, -0.1) is 0 Å². The first kappa shape index (κ1) is 38.8. The minimum atomic E-state index is -1.05. The molecule has 0 aromatic heterocycles. The van der Waals surface area contributed by atoms with Crippen molar-refractivity contribution in [1.82, 2.24) is 10.6 Å². The molecule has 0 radical (unpaired) electrons. The van der Waals surface area contributed by atoms with E-state index in [9.17, 15) is 23.6 Å². The van der Waals surface area contributed by atoms with E-state index < -0.39 is 35.6 Å². The van der Waals surface area contributed by atoms with Crippen molar-refractivity contribution in [2.24, 2.45) is 0 Å². The highest BCUT2D eigenvalue weighted by molar-refractivity contribution is 6.03. The second-order valence-electron chi connectivity index (χ2n) is 13.5. The molecule has 0 bridgehead atoms. The Morgan fingerprint density at radius 3 is 1.71 bits per heavy atom. The van der Waals surface area contributed by atoms with Crippen LogP contribution in [0.2, 0.25) is 0 Å². The Kier molecular flexibility index (Phi) is 12.0. The van der Waals surface area contributed by atoms with Gasteiger partial charge in [-0.25, -0.2) is 4.39 Å². The van der Waals surface area contributed by atoms with Crippen molar-refractivity contribution in [1.29, 1.82) is 0 Å². The second kappa shape index (κ2) is 18.0. The molecule has 0 saturated heterocycles. The summed E-state index contributed by atoms with van der Waals surface area (Å²) < 4.78 is 31.0. The molecule has 6 aromatic carbocycles. The maximum atomic E-state index is 14.1. The van der Waals surface area contributed by atoms with Crippen LogP contribution >= 0.6 is 0 Å². The van der Waals surface area contributed by atoms with Crippen LogP contribution < -0.4 is 35.5 Å². The summed E-state index contributed by atoms with van der Waals surface area (Å²) in [6.07, 6.45) is 0.342. The van der Waals surface area contributed by atoms with Gasteiger partial charge in [0.2, 0.25) is 18.6 Å². The van der Waals surface area contributed by atoms with Crippen molar-refractivity contribution in [3.8, 4) is 28.4 Å². The Morgan fingerprint density at radius 1 is 0.603 bits per heavy atom. The van der Waals surface area contributed by atoms with Gasteiger partial charge in [0.1, 0.15) is 23.7 Å². The minimum absolute atomic E-state index is 0.0432. The summed E-state index contributed by atoms with van der Waals surface area (Å²) in [6, 6.07) is 39.3. The van der Waals surface area contributed by atoms with Crippen LogP contribution in [0.4, 0.5) is 15.8 Å². The van der Waals surface area contributed by atoms with Crippen molar-refractivity contribution < 1.29 is 37.8 Å². The normalized spacial score (nSPS) is 12.4. The second-order valence-corrected chi connectivity index (χ2v) is 13.5. The van der Waals surface area contributed by atoms with Gasteiger partial charge in [0, 0.05) is 30.0 Å². The zero-order valence-electron chi connectivity index (χ0n) is 31.4. The number of benzene rings is 6. The molecule has 0 fully saturated rings. The topological polar surface area (TPSA) is 144 Å². The van der Waals surface area contributed by atoms with E-state index in [1.807, 2.05) is 60.7 Å². The van der Waals surface area contributed by atoms with Gasteiger partial charge in [0.05, 0.1) is 18.5 Å². The molecular weight excluding hydrogens is 740 g/mol. The van der Waals surface area contributed by atoms with Crippen LogP contribution in [0.3, 0.4) is 0 Å². The molecule has 11 nitrogen and oxygen atoms in total. The third-order valence-corrected chi connectivity index (χ3v) is 9.48. The quantitative estimate of drug-likeness (QED) is 0.0917. The highest BCUT2D eigenvalue weighted by atomic mass is 19.1. The Morgan fingerprint density at radius 2 is 1.14 bits per heavy atom. The van der Waals surface area contributed by atoms with Crippen LogP contribution in [-0.4, -0.2) is 49.6 Å². The maximum absolute atomic E-state index is 14.1. The number of methoxy groups -OCH3 is 1. The number of halogens is 1. The molecule has 1 aliphatic rings. The molecule has 0 spiro atoms. The lowest BCUT2D eigenvalue weighted by molar-refractivity contribution is -0.118. The summed E-state index contributed by atoms with van der Waals surface area (Å²) in [4.78, 5) is 54.1. The van der Waals surface area contributed by atoms with Crippen LogP contribution in [-0.2, 0) is 22.4 Å². The SMILES string of the molecule is COc1ccc(F)cc1NC(=O)C(Cc1ccc(-c2cc(NC(=O)C(Cc3ccccc3)NC(=O)c3ccccc3)c3c(c2)OCO3)cc1)NC(=O)c1ccccc1. The molecule has 4 amide bonds. The molecule has 292 valence electrons. The number of hydrogen-bond acceptors (Lipinski definition) is 7. The predicted molar refractivity (Wildman–Crippen MR) is 217 cm³/mol. The van der Waals surface area contributed by atoms with Crippen LogP contribution in [0, 0.1) is 5.82 Å². The predicted octanol–water partition coefficient (Wildman–Crippen LogP) is 7.19. The summed E-state index contributed by atoms with van der Waals surface area (Å²) >= 11 is 0. The lowest BCUT2D eigenvalue weighted by Gasteiger charge is -2.20. The van der Waals surface area contributed by atoms with Crippen LogP contribution in [0.25, 0.3) is 11.1 Å². The Bertz CT molecular complexity index is 2410. The number of amides is 4. The number of carbonyl (C=O) groups excluding carboxylic acids is 4. The van der Waals surface area contributed by atoms with Crippen molar-refractivity contribution in [2.75, 3.05) is 24.5 Å². The third kappa shape index (κ3) is 9.48. The zero-order valence-corrected chi connectivity index (χ0v) is 31.4. The number of carbonyl (C=O) groups is 4. The summed E-state index contributed by atoms with van der Waals surface area (Å²) in [5, 5.41) is 11.4. The summed E-state index contributed by atoms with van der Waals surface area (Å²) in [5.41, 5.74) is 4.32. The van der Waals surface area contributed by atoms with Crippen molar-refractivity contribution in [2.45, 2.75) is 24.9 Å². The lowest BCUT2D eigenvalue weighted by atomic mass is 9.99. The van der Waals surface area contributed by atoms with Gasteiger partial charge in [-0.1, -0.05) is 91.0 Å². The van der Waals surface area contributed by atoms with Gasteiger partial charge in [-0.2, -0.15) is 0 Å². The standard InChI is InChI=1S/C46H39FN4O7/c1-56-40-22-21-35(47)27-36(40)48-45(54)39(51-44(53)33-15-9-4-10-16-33)24-30-17-19-31(20-18-30)34-25-37(42-41(26-34)57-28-58-42)49-46(55)38(23-29-11-5-2-6-12-29)50-43(52)32-13-7-3-8-14-32/h2-22,25-27,38-39H,23-24,28H2,1H3,(H,48,54)(H,49,55)(H,50,52)(H,51,53). The van der Waals surface area contributed by atoms with E-state index in [4.69, 9.17) is 14.2 Å². The molecule has 7 rings (SSSR count). The monoisotopic (exact) mass is 778 g/mol. The van der Waals surface area contributed by atoms with E-state index in [1.165, 1.54) is 19.2 Å². The number of ether oxygens (including phenoxy) is 3. The molecule has 2 atom stereocenters. The van der Waals surface area contributed by atoms with Gasteiger partial charge in [0.25, 0.3) is 11.8 Å². The van der Waals surface area contributed by atoms with Crippen molar-refractivity contribution in [3.05, 3.63) is 174 Å². The molecule has 12 heteroatoms. The van der Waals surface area contributed by atoms with Gasteiger partial charge in [-0.3, -0.25) is 19.2 Å². The average Bonchev–Trinajstić information content (AvgIpc) is 3.74. The summed E-state index contributed by atoms with van der Waals surface area (Å²) in [6.45, 7) is -0.0432. The molecule has 58 heavy (non-hydrogen) atoms. The van der Waals surface area contributed by atoms with Crippen molar-refractivity contribution in [3.63, 3.8) is 0 Å². The first-order valence-electron chi connectivity index (χ1n) is 18.5. The minimum Gasteiger partial charge on any atom is -0.495 e. The van der Waals surface area contributed by atoms with Crippen LogP contribution in [0.15, 0.2) is 146 Å². The summed E-state index contributed by atoms with van der Waals surface area (Å²) in [7, 11) is 1.41. The van der Waals surface area contributed by atoms with E-state index in [0.717, 1.165) is 22.8 Å². The zero-order chi connectivity index (χ0) is 40.4. The van der Waals surface area contributed by atoms with Gasteiger partial charge < -0.3 is 35.5 Å². The van der Waals surface area contributed by atoms with Crippen molar-refractivity contribution >= 4 is 35.0 Å². The molecular formula is C46H39FN4O7. The maximum Gasteiger partial charge on any atom is 0.251 e. The van der Waals surface area contributed by atoms with Gasteiger partial charge in [0.15, 0.2) is 11.5 Å². The molecule has 4 N–H and O–H groups in total. The molecule has 2 unspecified atom stereocenters. The smallest absolute Gasteiger partial charge is 0.251 e. The highest BCUT2D eigenvalue weighted by Crippen LogP contribution is 2.43. The average molecular weight is 779 g/mol. The molecule has 6 aromatic rings. The van der Waals surface area contributed by atoms with E-state index in [0.29, 0.717) is 33.9 Å². The fourth-order valence-corrected chi connectivity index (χ4v) is 6.49. The molecule has 1 aliphatic heterocycles. The molecule has 0 saturated carbocycles. The van der Waals surface area contributed by atoms with Gasteiger partial charge in [-0.05, 0) is 70.8 Å². The number of anilines is 2. The first-order chi connectivity index (χ1) is 28.2. The fourth-order valence-electron chi connectivity index (χ4n) is 6.49. The lowest BCUT2D eigenvalue weighted by Crippen LogP contribution is -2.45. The van der Waals surface area contributed by atoms with Crippen LogP contribution in [0.5, 0.6) is 17.2 Å². The van der Waals surface area contributed by atoms with Gasteiger partial charge >= 0.3 is 0 Å². The first-order valence-corrected chi connectivity index (χ1v) is 18.5. The Hall–Kier alpha value is -7.47. The van der Waals surface area contributed by atoms with E-state index in [1.54, 1.807) is 66.7 Å². The number of rotatable bonds is 14. The highest BCUT2D eigenvalue weighted by Gasteiger charge is 2.27. The fraction of sp³-hybridized carbons (Fsp3) is 0.130. The number of nitrogens with one attached hydrogen (secondary N) is 4. The van der Waals surface area contributed by atoms with Crippen LogP contribution in [0.1, 0.15) is 31.8 Å². The van der Waals surface area contributed by atoms with E-state index >= 15 is 0 Å². The number of fused-ring (bicyclic) bond motifs is 1. The third-order valence-electron chi connectivity index (χ3n) is 9.48. The van der Waals surface area contributed by atoms with E-state index in [2.05, 4.69) is 21.3 Å². The largest absolute Gasteiger partial charge is 0.495 e.